The average molecular weight is 464 g/mol. The van der Waals surface area contributed by atoms with Crippen molar-refractivity contribution in [3.05, 3.63) is 90.0 Å². The minimum absolute atomic E-state index is 0.146. The molecule has 1 saturated heterocycles. The summed E-state index contributed by atoms with van der Waals surface area (Å²) < 4.78 is 27.2. The SMILES string of the molecule is CN(Cc1ccccc1N1CCCC1)C(=O)c1ccc(S(=O)(=O)N(C)c2ccccc2)cc1. The molecule has 0 saturated carbocycles. The first-order valence-electron chi connectivity index (χ1n) is 11.1. The minimum Gasteiger partial charge on any atom is -0.371 e. The van der Waals surface area contributed by atoms with Gasteiger partial charge in [0.25, 0.3) is 15.9 Å². The van der Waals surface area contributed by atoms with Gasteiger partial charge >= 0.3 is 0 Å². The molecule has 1 fully saturated rings. The van der Waals surface area contributed by atoms with Crippen LogP contribution in [-0.2, 0) is 16.6 Å². The number of sulfonamides is 1. The number of para-hydroxylation sites is 2. The van der Waals surface area contributed by atoms with Crippen LogP contribution >= 0.6 is 0 Å². The minimum atomic E-state index is -3.72. The van der Waals surface area contributed by atoms with Crippen molar-refractivity contribution in [1.82, 2.24) is 4.90 Å². The van der Waals surface area contributed by atoms with Gasteiger partial charge in [0, 0.05) is 45.0 Å². The van der Waals surface area contributed by atoms with Crippen molar-refractivity contribution in [2.45, 2.75) is 24.3 Å². The molecule has 33 heavy (non-hydrogen) atoms. The van der Waals surface area contributed by atoms with Crippen LogP contribution in [0.2, 0.25) is 0 Å². The summed E-state index contributed by atoms with van der Waals surface area (Å²) in [6, 6.07) is 23.3. The molecule has 0 radical (unpaired) electrons. The summed E-state index contributed by atoms with van der Waals surface area (Å²) in [6.45, 7) is 2.58. The first kappa shape index (κ1) is 22.9. The summed E-state index contributed by atoms with van der Waals surface area (Å²) in [6.07, 6.45) is 2.38. The summed E-state index contributed by atoms with van der Waals surface area (Å²) >= 11 is 0. The standard InChI is InChI=1S/C26H29N3O3S/c1-27(20-22-10-6-7-13-25(22)29-18-8-9-19-29)26(30)21-14-16-24(17-15-21)33(31,32)28(2)23-11-4-3-5-12-23/h3-7,10-17H,8-9,18-20H2,1-2H3. The molecule has 6 nitrogen and oxygen atoms in total. The zero-order valence-electron chi connectivity index (χ0n) is 19.0. The van der Waals surface area contributed by atoms with Crippen molar-refractivity contribution in [1.29, 1.82) is 0 Å². The average Bonchev–Trinajstić information content (AvgIpc) is 3.39. The van der Waals surface area contributed by atoms with Crippen LogP contribution < -0.4 is 9.21 Å². The largest absolute Gasteiger partial charge is 0.371 e. The number of amides is 1. The molecule has 4 rings (SSSR count). The Hall–Kier alpha value is -3.32. The van der Waals surface area contributed by atoms with Crippen LogP contribution in [0, 0.1) is 0 Å². The highest BCUT2D eigenvalue weighted by atomic mass is 32.2. The predicted molar refractivity (Wildman–Crippen MR) is 132 cm³/mol. The fraction of sp³-hybridized carbons (Fsp3) is 0.269. The Bertz CT molecular complexity index is 1210. The molecule has 1 amide bonds. The Morgan fingerprint density at radius 1 is 0.848 bits per heavy atom. The number of carbonyl (C=O) groups excluding carboxylic acids is 1. The Kier molecular flexibility index (Phi) is 6.70. The molecule has 1 heterocycles. The normalized spacial score (nSPS) is 13.7. The van der Waals surface area contributed by atoms with E-state index in [1.807, 2.05) is 18.2 Å². The highest BCUT2D eigenvalue weighted by molar-refractivity contribution is 7.92. The lowest BCUT2D eigenvalue weighted by atomic mass is 10.1. The van der Waals surface area contributed by atoms with Gasteiger partial charge in [-0.3, -0.25) is 9.10 Å². The number of benzene rings is 3. The highest BCUT2D eigenvalue weighted by Crippen LogP contribution is 2.26. The molecule has 0 aliphatic carbocycles. The molecule has 0 bridgehead atoms. The molecule has 3 aromatic carbocycles. The van der Waals surface area contributed by atoms with E-state index in [-0.39, 0.29) is 10.8 Å². The molecule has 0 aromatic heterocycles. The summed E-state index contributed by atoms with van der Waals surface area (Å²) in [7, 11) is -0.418. The summed E-state index contributed by atoms with van der Waals surface area (Å²) in [5.41, 5.74) is 3.32. The van der Waals surface area contributed by atoms with Crippen molar-refractivity contribution in [3.8, 4) is 0 Å². The molecular weight excluding hydrogens is 434 g/mol. The summed E-state index contributed by atoms with van der Waals surface area (Å²) in [4.78, 5) is 17.2. The second kappa shape index (κ2) is 9.67. The van der Waals surface area contributed by atoms with Crippen LogP contribution in [0.25, 0.3) is 0 Å². The van der Waals surface area contributed by atoms with E-state index in [9.17, 15) is 13.2 Å². The number of hydrogen-bond acceptors (Lipinski definition) is 4. The van der Waals surface area contributed by atoms with Crippen LogP contribution in [0.5, 0.6) is 0 Å². The molecule has 3 aromatic rings. The predicted octanol–water partition coefficient (Wildman–Crippen LogP) is 4.38. The van der Waals surface area contributed by atoms with Crippen LogP contribution in [0.3, 0.4) is 0 Å². The maximum absolute atomic E-state index is 13.1. The topological polar surface area (TPSA) is 60.9 Å². The second-order valence-corrected chi connectivity index (χ2v) is 10.3. The zero-order valence-corrected chi connectivity index (χ0v) is 19.8. The molecule has 0 atom stereocenters. The van der Waals surface area contributed by atoms with Crippen molar-refractivity contribution in [3.63, 3.8) is 0 Å². The first-order valence-corrected chi connectivity index (χ1v) is 12.5. The van der Waals surface area contributed by atoms with Crippen LogP contribution in [0.15, 0.2) is 83.8 Å². The van der Waals surface area contributed by atoms with E-state index in [0.29, 0.717) is 17.8 Å². The number of hydrogen-bond donors (Lipinski definition) is 0. The fourth-order valence-corrected chi connectivity index (χ4v) is 5.36. The molecule has 1 aliphatic rings. The van der Waals surface area contributed by atoms with Gasteiger partial charge in [-0.25, -0.2) is 8.42 Å². The lowest BCUT2D eigenvalue weighted by molar-refractivity contribution is 0.0785. The van der Waals surface area contributed by atoms with Gasteiger partial charge in [-0.05, 0) is 60.9 Å². The van der Waals surface area contributed by atoms with E-state index in [2.05, 4.69) is 17.0 Å². The number of rotatable bonds is 7. The van der Waals surface area contributed by atoms with Crippen molar-refractivity contribution < 1.29 is 13.2 Å². The van der Waals surface area contributed by atoms with Gasteiger partial charge in [-0.15, -0.1) is 0 Å². The first-order chi connectivity index (χ1) is 15.9. The Labute approximate surface area is 196 Å². The number of anilines is 2. The Balaban J connectivity index is 1.49. The second-order valence-electron chi connectivity index (χ2n) is 8.32. The van der Waals surface area contributed by atoms with Crippen molar-refractivity contribution >= 4 is 27.3 Å². The third kappa shape index (κ3) is 4.88. The smallest absolute Gasteiger partial charge is 0.264 e. The maximum atomic E-state index is 13.1. The van der Waals surface area contributed by atoms with Gasteiger partial charge in [-0.1, -0.05) is 36.4 Å². The Morgan fingerprint density at radius 3 is 2.12 bits per heavy atom. The van der Waals surface area contributed by atoms with Crippen molar-refractivity contribution in [2.75, 3.05) is 36.4 Å². The van der Waals surface area contributed by atoms with Crippen LogP contribution in [-0.4, -0.2) is 46.4 Å². The molecule has 0 spiro atoms. The van der Waals surface area contributed by atoms with Crippen LogP contribution in [0.4, 0.5) is 11.4 Å². The van der Waals surface area contributed by atoms with Gasteiger partial charge in [0.15, 0.2) is 0 Å². The number of carbonyl (C=O) groups is 1. The molecule has 172 valence electrons. The third-order valence-corrected chi connectivity index (χ3v) is 7.87. The van der Waals surface area contributed by atoms with Gasteiger partial charge in [0.1, 0.15) is 0 Å². The lowest BCUT2D eigenvalue weighted by Gasteiger charge is -2.24. The van der Waals surface area contributed by atoms with E-state index in [0.717, 1.165) is 18.7 Å². The molecule has 7 heteroatoms. The monoisotopic (exact) mass is 463 g/mol. The van der Waals surface area contributed by atoms with Gasteiger partial charge in [0.05, 0.1) is 10.6 Å². The zero-order chi connectivity index (χ0) is 23.4. The fourth-order valence-electron chi connectivity index (χ4n) is 4.16. The highest BCUT2D eigenvalue weighted by Gasteiger charge is 2.22. The van der Waals surface area contributed by atoms with E-state index in [1.165, 1.54) is 42.0 Å². The van der Waals surface area contributed by atoms with Gasteiger partial charge in [0.2, 0.25) is 0 Å². The number of nitrogens with zero attached hydrogens (tertiary/aromatic N) is 3. The molecule has 1 aliphatic heterocycles. The van der Waals surface area contributed by atoms with E-state index in [1.54, 1.807) is 48.3 Å². The summed E-state index contributed by atoms with van der Waals surface area (Å²) in [5.74, 6) is -0.147. The van der Waals surface area contributed by atoms with Gasteiger partial charge < -0.3 is 9.80 Å². The molecular formula is C26H29N3O3S. The Morgan fingerprint density at radius 2 is 1.45 bits per heavy atom. The van der Waals surface area contributed by atoms with E-state index >= 15 is 0 Å². The molecule has 0 unspecified atom stereocenters. The van der Waals surface area contributed by atoms with Crippen LogP contribution in [0.1, 0.15) is 28.8 Å². The maximum Gasteiger partial charge on any atom is 0.264 e. The third-order valence-electron chi connectivity index (χ3n) is 6.07. The van der Waals surface area contributed by atoms with Gasteiger partial charge in [-0.2, -0.15) is 0 Å². The molecule has 0 N–H and O–H groups in total. The van der Waals surface area contributed by atoms with E-state index < -0.39 is 10.0 Å². The quantitative estimate of drug-likeness (QED) is 0.522. The lowest BCUT2D eigenvalue weighted by Crippen LogP contribution is -2.28. The van der Waals surface area contributed by atoms with Crippen molar-refractivity contribution in [2.24, 2.45) is 0 Å². The van der Waals surface area contributed by atoms with E-state index in [4.69, 9.17) is 0 Å². The summed E-state index contributed by atoms with van der Waals surface area (Å²) in [5, 5.41) is 0.